The molecule has 0 atom stereocenters. The summed E-state index contributed by atoms with van der Waals surface area (Å²) in [6.45, 7) is 24.3. The molecule has 0 amide bonds. The Balaban J connectivity index is 0. The van der Waals surface area contributed by atoms with Crippen LogP contribution in [0.1, 0.15) is 55.4 Å². The minimum absolute atomic E-state index is 0. The Hall–Kier alpha value is 0.0249. The van der Waals surface area contributed by atoms with Crippen molar-refractivity contribution in [1.29, 1.82) is 0 Å². The molecule has 0 aromatic heterocycles. The number of nitrogens with zero attached hydrogens (tertiary/aromatic N) is 1. The summed E-state index contributed by atoms with van der Waals surface area (Å²) in [4.78, 5) is 0. The molecule has 18 heavy (non-hydrogen) atoms. The Labute approximate surface area is 119 Å². The molecule has 0 aliphatic heterocycles. The summed E-state index contributed by atoms with van der Waals surface area (Å²) in [6, 6.07) is 0. The molecule has 0 fully saturated rings. The van der Waals surface area contributed by atoms with Crippen molar-refractivity contribution in [2.45, 2.75) is 55.4 Å². The first-order valence-electron chi connectivity index (χ1n) is 7.52. The van der Waals surface area contributed by atoms with Crippen LogP contribution in [0.2, 0.25) is 0 Å². The molecule has 0 bridgehead atoms. The smallest absolute Gasteiger partial charge is 0.0810 e. The second-order valence-corrected chi connectivity index (χ2v) is 7.65. The molecule has 1 nitrogen and oxygen atoms in total. The highest BCUT2D eigenvalue weighted by Gasteiger charge is 2.31. The highest BCUT2D eigenvalue weighted by molar-refractivity contribution is 5.75. The first kappa shape index (κ1) is 20.3. The van der Waals surface area contributed by atoms with E-state index in [-0.39, 0.29) is 8.41 Å². The van der Waals surface area contributed by atoms with Gasteiger partial charge in [-0.2, -0.15) is 0 Å². The quantitative estimate of drug-likeness (QED) is 0.452. The number of rotatable bonds is 8. The van der Waals surface area contributed by atoms with Gasteiger partial charge in [-0.15, -0.1) is 0 Å². The fraction of sp³-hybridized carbons (Fsp3) is 1.00. The lowest BCUT2D eigenvalue weighted by Crippen LogP contribution is -2.56. The predicted octanol–water partition coefficient (Wildman–Crippen LogP) is 4.05. The van der Waals surface area contributed by atoms with Gasteiger partial charge in [-0.25, -0.2) is 0 Å². The van der Waals surface area contributed by atoms with E-state index in [2.05, 4.69) is 55.4 Å². The van der Waals surface area contributed by atoms with Crippen molar-refractivity contribution in [3.05, 3.63) is 0 Å². The molecule has 0 heterocycles. The van der Waals surface area contributed by atoms with Gasteiger partial charge in [-0.3, -0.25) is 0 Å². The second-order valence-electron chi connectivity index (χ2n) is 7.65. The van der Waals surface area contributed by atoms with Gasteiger partial charge >= 0.3 is 0 Å². The summed E-state index contributed by atoms with van der Waals surface area (Å²) in [6.07, 6.45) is 0. The molecule has 0 unspecified atom stereocenters. The molecule has 0 aromatic carbocycles. The average Bonchev–Trinajstić information content (AvgIpc) is 1.95. The lowest BCUT2D eigenvalue weighted by atomic mass is 10.0. The molecular weight excluding hydrogens is 217 g/mol. The Morgan fingerprint density at radius 1 is 0.500 bits per heavy atom. The third kappa shape index (κ3) is 9.02. The zero-order chi connectivity index (χ0) is 13.6. The lowest BCUT2D eigenvalue weighted by molar-refractivity contribution is -0.938. The highest BCUT2D eigenvalue weighted by Crippen LogP contribution is 2.21. The van der Waals surface area contributed by atoms with Crippen molar-refractivity contribution in [3.63, 3.8) is 0 Å². The Morgan fingerprint density at radius 3 is 0.778 bits per heavy atom. The number of hydrogen-bond donors (Lipinski definition) is 0. The van der Waals surface area contributed by atoms with Crippen molar-refractivity contribution >= 4 is 8.41 Å². The number of quaternary nitrogens is 1. The van der Waals surface area contributed by atoms with Crippen LogP contribution in [-0.4, -0.2) is 39.1 Å². The van der Waals surface area contributed by atoms with Crippen LogP contribution in [0.5, 0.6) is 0 Å². The molecule has 2 heteroatoms. The average molecular weight is 253 g/mol. The van der Waals surface area contributed by atoms with Gasteiger partial charge in [0.05, 0.1) is 26.2 Å². The largest absolute Gasteiger partial charge is 1.00 e. The Bertz CT molecular complexity index is 152. The maximum absolute atomic E-state index is 2.37. The van der Waals surface area contributed by atoms with E-state index in [0.29, 0.717) is 0 Å². The minimum atomic E-state index is 0. The molecule has 0 aliphatic rings. The van der Waals surface area contributed by atoms with Crippen molar-refractivity contribution in [2.24, 2.45) is 23.7 Å². The van der Waals surface area contributed by atoms with E-state index in [9.17, 15) is 0 Å². The molecule has 0 aliphatic carbocycles. The van der Waals surface area contributed by atoms with Crippen molar-refractivity contribution in [2.75, 3.05) is 26.2 Å². The van der Waals surface area contributed by atoms with Crippen LogP contribution < -0.4 is 0 Å². The first-order valence-corrected chi connectivity index (χ1v) is 7.52. The topological polar surface area (TPSA) is 0 Å². The molecule has 4 radical (unpaired) electrons. The summed E-state index contributed by atoms with van der Waals surface area (Å²) in [7, 11) is 0. The fourth-order valence-corrected chi connectivity index (χ4v) is 3.55. The third-order valence-electron chi connectivity index (χ3n) is 3.01. The van der Waals surface area contributed by atoms with Crippen LogP contribution in [0.25, 0.3) is 0 Å². The van der Waals surface area contributed by atoms with E-state index in [1.807, 2.05) is 0 Å². The van der Waals surface area contributed by atoms with Gasteiger partial charge in [0, 0.05) is 23.7 Å². The van der Waals surface area contributed by atoms with Crippen molar-refractivity contribution in [1.82, 2.24) is 0 Å². The molecule has 0 N–H and O–H groups in total. The van der Waals surface area contributed by atoms with E-state index in [1.54, 1.807) is 0 Å². The van der Waals surface area contributed by atoms with E-state index in [0.717, 1.165) is 23.7 Å². The Kier molecular flexibility index (Phi) is 10.2. The van der Waals surface area contributed by atoms with Crippen LogP contribution in [-0.2, 0) is 0 Å². The van der Waals surface area contributed by atoms with Gasteiger partial charge in [0.25, 0.3) is 0 Å². The zero-order valence-electron chi connectivity index (χ0n) is 14.2. The molecule has 0 spiro atoms. The van der Waals surface area contributed by atoms with Crippen LogP contribution in [0, 0.1) is 23.7 Å². The molecular formula is C16H36BN. The van der Waals surface area contributed by atoms with Crippen LogP contribution >= 0.6 is 0 Å². The SMILES string of the molecule is CC(C)C[N+](CC(C)C)(CC(C)C)CC(C)C.[B-]. The van der Waals surface area contributed by atoms with Gasteiger partial charge < -0.3 is 12.9 Å². The molecule has 108 valence electrons. The van der Waals surface area contributed by atoms with Crippen molar-refractivity contribution in [3.8, 4) is 0 Å². The Morgan fingerprint density at radius 2 is 0.667 bits per heavy atom. The summed E-state index contributed by atoms with van der Waals surface area (Å²) in [5.74, 6) is 3.19. The van der Waals surface area contributed by atoms with E-state index in [1.165, 1.54) is 30.7 Å². The summed E-state index contributed by atoms with van der Waals surface area (Å²) in [5.41, 5.74) is 0. The summed E-state index contributed by atoms with van der Waals surface area (Å²) in [5, 5.41) is 0. The highest BCUT2D eigenvalue weighted by atomic mass is 15.4. The van der Waals surface area contributed by atoms with Crippen LogP contribution in [0.4, 0.5) is 0 Å². The monoisotopic (exact) mass is 253 g/mol. The predicted molar refractivity (Wildman–Crippen MR) is 84.8 cm³/mol. The number of hydrogen-bond acceptors (Lipinski definition) is 0. The minimum Gasteiger partial charge on any atom is -1.00 e. The van der Waals surface area contributed by atoms with Gasteiger partial charge in [0.1, 0.15) is 0 Å². The zero-order valence-corrected chi connectivity index (χ0v) is 14.2. The van der Waals surface area contributed by atoms with Crippen LogP contribution in [0.15, 0.2) is 0 Å². The second kappa shape index (κ2) is 9.01. The molecule has 0 saturated heterocycles. The van der Waals surface area contributed by atoms with Gasteiger partial charge in [-0.1, -0.05) is 55.4 Å². The summed E-state index contributed by atoms with van der Waals surface area (Å²) < 4.78 is 1.32. The van der Waals surface area contributed by atoms with Gasteiger partial charge in [-0.05, 0) is 0 Å². The molecule has 0 aromatic rings. The molecule has 0 rings (SSSR count). The maximum Gasteiger partial charge on any atom is 0.0810 e. The molecule has 0 saturated carbocycles. The lowest BCUT2D eigenvalue weighted by Gasteiger charge is -2.44. The van der Waals surface area contributed by atoms with E-state index in [4.69, 9.17) is 0 Å². The maximum atomic E-state index is 2.37. The normalized spacial score (nSPS) is 12.7. The van der Waals surface area contributed by atoms with Crippen molar-refractivity contribution < 1.29 is 4.48 Å². The van der Waals surface area contributed by atoms with E-state index < -0.39 is 0 Å². The van der Waals surface area contributed by atoms with Gasteiger partial charge in [0.15, 0.2) is 0 Å². The van der Waals surface area contributed by atoms with E-state index >= 15 is 0 Å². The third-order valence-corrected chi connectivity index (χ3v) is 3.01. The summed E-state index contributed by atoms with van der Waals surface area (Å²) >= 11 is 0. The van der Waals surface area contributed by atoms with Gasteiger partial charge in [0.2, 0.25) is 0 Å². The fourth-order valence-electron chi connectivity index (χ4n) is 3.55. The first-order chi connectivity index (χ1) is 7.67. The standard InChI is InChI=1S/C16H36N.B/c1-13(2)9-17(10-14(3)4,11-15(5)6)12-16(7)8;/h13-16H,9-12H2,1-8H3;/q+1;-1. The van der Waals surface area contributed by atoms with Crippen LogP contribution in [0.3, 0.4) is 0 Å².